The first-order valence-corrected chi connectivity index (χ1v) is 12.9. The summed E-state index contributed by atoms with van der Waals surface area (Å²) in [6.07, 6.45) is 3.19. The van der Waals surface area contributed by atoms with Crippen molar-refractivity contribution < 1.29 is 19.4 Å². The molecule has 0 saturated carbocycles. The molecule has 12 heteroatoms. The lowest BCUT2D eigenvalue weighted by atomic mass is 10.0. The van der Waals surface area contributed by atoms with Crippen LogP contribution in [-0.4, -0.2) is 61.8 Å². The number of aliphatic hydroxyl groups excluding tert-OH is 1. The van der Waals surface area contributed by atoms with E-state index in [1.54, 1.807) is 48.3 Å². The SMILES string of the molecule is COc1cccc([C@@H](CO)NC(=O)CN2Cc3ccc(-c4nc(Nc5cnn(C)c5C)ncc4Cl)cc3C2=O)c1. The second kappa shape index (κ2) is 11.3. The average molecular weight is 562 g/mol. The zero-order valence-corrected chi connectivity index (χ0v) is 22.9. The number of aryl methyl sites for hydroxylation is 1. The van der Waals surface area contributed by atoms with E-state index in [0.717, 1.165) is 16.9 Å². The van der Waals surface area contributed by atoms with Crippen LogP contribution in [0.2, 0.25) is 5.02 Å². The summed E-state index contributed by atoms with van der Waals surface area (Å²) in [4.78, 5) is 36.4. The summed E-state index contributed by atoms with van der Waals surface area (Å²) in [7, 11) is 3.39. The highest BCUT2D eigenvalue weighted by Gasteiger charge is 2.30. The Morgan fingerprint density at radius 2 is 2.05 bits per heavy atom. The number of carbonyl (C=O) groups excluding carboxylic acids is 2. The van der Waals surface area contributed by atoms with E-state index in [0.29, 0.717) is 39.1 Å². The minimum atomic E-state index is -0.632. The predicted molar refractivity (Wildman–Crippen MR) is 149 cm³/mol. The molecule has 0 saturated heterocycles. The lowest BCUT2D eigenvalue weighted by Gasteiger charge is -2.20. The van der Waals surface area contributed by atoms with Gasteiger partial charge in [0.2, 0.25) is 11.9 Å². The van der Waals surface area contributed by atoms with E-state index in [9.17, 15) is 14.7 Å². The molecule has 206 valence electrons. The Morgan fingerprint density at radius 3 is 2.77 bits per heavy atom. The van der Waals surface area contributed by atoms with Crippen LogP contribution in [0.5, 0.6) is 5.75 Å². The lowest BCUT2D eigenvalue weighted by molar-refractivity contribution is -0.122. The Bertz CT molecular complexity index is 1590. The van der Waals surface area contributed by atoms with Gasteiger partial charge in [0, 0.05) is 24.7 Å². The number of halogens is 1. The summed E-state index contributed by atoms with van der Waals surface area (Å²) in [5.74, 6) is 0.298. The first-order valence-electron chi connectivity index (χ1n) is 12.5. The Labute approximate surface area is 235 Å². The second-order valence-corrected chi connectivity index (χ2v) is 9.80. The largest absolute Gasteiger partial charge is 0.497 e. The quantitative estimate of drug-likeness (QED) is 0.283. The topological polar surface area (TPSA) is 134 Å². The van der Waals surface area contributed by atoms with Gasteiger partial charge >= 0.3 is 0 Å². The molecule has 11 nitrogen and oxygen atoms in total. The van der Waals surface area contributed by atoms with E-state index < -0.39 is 6.04 Å². The van der Waals surface area contributed by atoms with Gasteiger partial charge in [0.25, 0.3) is 5.91 Å². The van der Waals surface area contributed by atoms with E-state index in [1.165, 1.54) is 11.1 Å². The van der Waals surface area contributed by atoms with E-state index in [4.69, 9.17) is 16.3 Å². The Balaban J connectivity index is 1.30. The van der Waals surface area contributed by atoms with Gasteiger partial charge in [-0.15, -0.1) is 0 Å². The van der Waals surface area contributed by atoms with Gasteiger partial charge < -0.3 is 25.4 Å². The van der Waals surface area contributed by atoms with Crippen LogP contribution in [-0.2, 0) is 18.4 Å². The van der Waals surface area contributed by atoms with Gasteiger partial charge in [-0.05, 0) is 36.2 Å². The van der Waals surface area contributed by atoms with Crippen molar-refractivity contribution in [2.45, 2.75) is 19.5 Å². The summed E-state index contributed by atoms with van der Waals surface area (Å²) < 4.78 is 6.97. The maximum absolute atomic E-state index is 13.3. The molecule has 2 amide bonds. The molecule has 0 unspecified atom stereocenters. The third-order valence-corrected chi connectivity index (χ3v) is 7.11. The molecular weight excluding hydrogens is 534 g/mol. The number of aliphatic hydroxyl groups is 1. The number of methoxy groups -OCH3 is 1. The normalized spacial score (nSPS) is 13.2. The van der Waals surface area contributed by atoms with Gasteiger partial charge in [0.05, 0.1) is 54.3 Å². The van der Waals surface area contributed by atoms with Crippen molar-refractivity contribution in [2.24, 2.45) is 7.05 Å². The number of carbonyl (C=O) groups is 2. The average Bonchev–Trinajstić information content (AvgIpc) is 3.45. The number of aromatic nitrogens is 4. The number of nitrogens with zero attached hydrogens (tertiary/aromatic N) is 5. The standard InChI is InChI=1S/C28H28ClN7O4/c1-16-23(12-31-35(16)2)33-28-30-11-22(29)26(34-28)18-7-8-19-13-36(27(39)21(19)10-18)14-25(38)32-24(15-37)17-5-4-6-20(9-17)40-3/h4-12,24,37H,13-15H2,1-3H3,(H,32,38)(H,30,33,34)/t24-/m1/s1. The highest BCUT2D eigenvalue weighted by atomic mass is 35.5. The smallest absolute Gasteiger partial charge is 0.254 e. The first kappa shape index (κ1) is 27.1. The predicted octanol–water partition coefficient (Wildman–Crippen LogP) is 3.40. The summed E-state index contributed by atoms with van der Waals surface area (Å²) in [6, 6.07) is 11.9. The molecule has 3 heterocycles. The number of nitrogens with one attached hydrogen (secondary N) is 2. The second-order valence-electron chi connectivity index (χ2n) is 9.39. The third-order valence-electron chi connectivity index (χ3n) is 6.84. The van der Waals surface area contributed by atoms with Crippen LogP contribution in [0, 0.1) is 6.92 Å². The van der Waals surface area contributed by atoms with Crippen molar-refractivity contribution in [1.82, 2.24) is 30.0 Å². The van der Waals surface area contributed by atoms with Crippen molar-refractivity contribution in [3.8, 4) is 17.0 Å². The van der Waals surface area contributed by atoms with Gasteiger partial charge in [0.15, 0.2) is 0 Å². The minimum absolute atomic E-state index is 0.157. The number of amides is 2. The number of anilines is 2. The molecular formula is C28H28ClN7O4. The van der Waals surface area contributed by atoms with Crippen molar-refractivity contribution in [3.05, 3.63) is 82.3 Å². The lowest BCUT2D eigenvalue weighted by Crippen LogP contribution is -2.40. The number of benzene rings is 2. The Morgan fingerprint density at radius 1 is 1.23 bits per heavy atom. The summed E-state index contributed by atoms with van der Waals surface area (Å²) >= 11 is 6.44. The molecule has 3 N–H and O–H groups in total. The monoisotopic (exact) mass is 561 g/mol. The van der Waals surface area contributed by atoms with E-state index in [-0.39, 0.29) is 31.5 Å². The number of rotatable bonds is 9. The fourth-order valence-corrected chi connectivity index (χ4v) is 4.71. The van der Waals surface area contributed by atoms with Crippen LogP contribution in [0.4, 0.5) is 11.6 Å². The molecule has 0 fully saturated rings. The highest BCUT2D eigenvalue weighted by Crippen LogP contribution is 2.32. The summed E-state index contributed by atoms with van der Waals surface area (Å²) in [5.41, 5.74) is 4.77. The number of hydrogen-bond donors (Lipinski definition) is 3. The zero-order chi connectivity index (χ0) is 28.4. The Kier molecular flexibility index (Phi) is 7.67. The van der Waals surface area contributed by atoms with Crippen molar-refractivity contribution in [2.75, 3.05) is 25.6 Å². The molecule has 0 radical (unpaired) electrons. The van der Waals surface area contributed by atoms with E-state index in [1.807, 2.05) is 26.1 Å². The first-order chi connectivity index (χ1) is 19.3. The van der Waals surface area contributed by atoms with Crippen LogP contribution < -0.4 is 15.4 Å². The van der Waals surface area contributed by atoms with Crippen LogP contribution >= 0.6 is 11.6 Å². The molecule has 0 spiro atoms. The summed E-state index contributed by atoms with van der Waals surface area (Å²) in [6.45, 7) is 1.76. The van der Waals surface area contributed by atoms with Crippen LogP contribution in [0.15, 0.2) is 54.9 Å². The third kappa shape index (κ3) is 5.47. The minimum Gasteiger partial charge on any atom is -0.497 e. The number of fused-ring (bicyclic) bond motifs is 1. The molecule has 4 aromatic rings. The summed E-state index contributed by atoms with van der Waals surface area (Å²) in [5, 5.41) is 20.4. The Hall–Kier alpha value is -4.48. The van der Waals surface area contributed by atoms with Gasteiger partial charge in [-0.3, -0.25) is 14.3 Å². The van der Waals surface area contributed by atoms with Gasteiger partial charge in [0.1, 0.15) is 12.3 Å². The fraction of sp³-hybridized carbons (Fsp3) is 0.250. The van der Waals surface area contributed by atoms with Gasteiger partial charge in [-0.1, -0.05) is 35.9 Å². The maximum atomic E-state index is 13.3. The number of ether oxygens (including phenoxy) is 1. The van der Waals surface area contributed by atoms with E-state index >= 15 is 0 Å². The molecule has 0 aliphatic carbocycles. The fourth-order valence-electron chi connectivity index (χ4n) is 4.51. The molecule has 1 aliphatic heterocycles. The molecule has 5 rings (SSSR count). The van der Waals surface area contributed by atoms with Crippen LogP contribution in [0.1, 0.15) is 33.2 Å². The highest BCUT2D eigenvalue weighted by molar-refractivity contribution is 6.33. The molecule has 1 aliphatic rings. The van der Waals surface area contributed by atoms with Gasteiger partial charge in [-0.2, -0.15) is 5.10 Å². The maximum Gasteiger partial charge on any atom is 0.254 e. The molecule has 2 aromatic heterocycles. The van der Waals surface area contributed by atoms with Crippen molar-refractivity contribution in [1.29, 1.82) is 0 Å². The molecule has 1 atom stereocenters. The van der Waals surface area contributed by atoms with Crippen molar-refractivity contribution in [3.63, 3.8) is 0 Å². The number of hydrogen-bond acceptors (Lipinski definition) is 8. The molecule has 40 heavy (non-hydrogen) atoms. The van der Waals surface area contributed by atoms with E-state index in [2.05, 4.69) is 25.7 Å². The van der Waals surface area contributed by atoms with Crippen LogP contribution in [0.3, 0.4) is 0 Å². The molecule has 0 bridgehead atoms. The zero-order valence-electron chi connectivity index (χ0n) is 22.2. The van der Waals surface area contributed by atoms with Crippen LogP contribution in [0.25, 0.3) is 11.3 Å². The molecule has 2 aromatic carbocycles. The van der Waals surface area contributed by atoms with Crippen molar-refractivity contribution >= 4 is 35.1 Å². The van der Waals surface area contributed by atoms with Gasteiger partial charge in [-0.25, -0.2) is 9.97 Å².